The Morgan fingerprint density at radius 2 is 2.11 bits per heavy atom. The third kappa shape index (κ3) is 4.29. The van der Waals surface area contributed by atoms with Crippen molar-refractivity contribution in [1.82, 2.24) is 14.8 Å². The maximum Gasteiger partial charge on any atom is 0.341 e. The van der Waals surface area contributed by atoms with Gasteiger partial charge < -0.3 is 14.6 Å². The molecule has 0 aromatic carbocycles. The first kappa shape index (κ1) is 20.6. The van der Waals surface area contributed by atoms with Gasteiger partial charge in [-0.25, -0.2) is 4.79 Å². The van der Waals surface area contributed by atoms with Gasteiger partial charge in [-0.2, -0.15) is 0 Å². The molecule has 0 saturated heterocycles. The van der Waals surface area contributed by atoms with Gasteiger partial charge in [-0.15, -0.1) is 32.9 Å². The highest BCUT2D eigenvalue weighted by molar-refractivity contribution is 7.99. The molecule has 0 saturated carbocycles. The normalized spacial score (nSPS) is 10.9. The van der Waals surface area contributed by atoms with Crippen LogP contribution in [0, 0.1) is 13.8 Å². The molecule has 3 heterocycles. The van der Waals surface area contributed by atoms with Gasteiger partial charge >= 0.3 is 5.97 Å². The second-order valence-corrected chi connectivity index (χ2v) is 9.00. The summed E-state index contributed by atoms with van der Waals surface area (Å²) in [6.07, 6.45) is 0. The highest BCUT2D eigenvalue weighted by Gasteiger charge is 2.22. The first-order valence-corrected chi connectivity index (χ1v) is 11.2. The third-order valence-corrected chi connectivity index (χ3v) is 7.04. The van der Waals surface area contributed by atoms with E-state index in [1.807, 2.05) is 43.0 Å². The Bertz CT molecular complexity index is 992. The number of amides is 1. The van der Waals surface area contributed by atoms with Gasteiger partial charge in [0, 0.05) is 11.9 Å². The fourth-order valence-electron chi connectivity index (χ4n) is 2.52. The molecule has 0 aliphatic carbocycles. The Kier molecular flexibility index (Phi) is 6.53. The van der Waals surface area contributed by atoms with Gasteiger partial charge in [0.05, 0.1) is 22.8 Å². The molecule has 0 bridgehead atoms. The van der Waals surface area contributed by atoms with E-state index in [0.29, 0.717) is 15.7 Å². The van der Waals surface area contributed by atoms with Gasteiger partial charge in [0.2, 0.25) is 5.91 Å². The number of ether oxygens (including phenoxy) is 1. The summed E-state index contributed by atoms with van der Waals surface area (Å²) in [5.74, 6) is 0.306. The van der Waals surface area contributed by atoms with Gasteiger partial charge in [-0.1, -0.05) is 17.8 Å². The van der Waals surface area contributed by atoms with Gasteiger partial charge in [0.1, 0.15) is 5.00 Å². The predicted octanol–water partition coefficient (Wildman–Crippen LogP) is 4.13. The van der Waals surface area contributed by atoms with Gasteiger partial charge in [-0.3, -0.25) is 4.79 Å². The summed E-state index contributed by atoms with van der Waals surface area (Å²) in [6, 6.07) is 3.94. The van der Waals surface area contributed by atoms with Crippen LogP contribution < -0.4 is 5.32 Å². The van der Waals surface area contributed by atoms with Crippen molar-refractivity contribution >= 4 is 51.3 Å². The number of hydrogen-bond acceptors (Lipinski definition) is 8. The molecule has 0 unspecified atom stereocenters. The van der Waals surface area contributed by atoms with E-state index < -0.39 is 5.97 Å². The average Bonchev–Trinajstić information content (AvgIpc) is 3.35. The van der Waals surface area contributed by atoms with Gasteiger partial charge in [0.25, 0.3) is 0 Å². The number of aromatic nitrogens is 3. The fraction of sp³-hybridized carbons (Fsp3) is 0.333. The van der Waals surface area contributed by atoms with E-state index in [0.717, 1.165) is 21.1 Å². The molecule has 148 valence electrons. The molecule has 0 radical (unpaired) electrons. The Hall–Kier alpha value is -2.17. The van der Waals surface area contributed by atoms with Crippen LogP contribution in [-0.2, 0) is 16.6 Å². The van der Waals surface area contributed by atoms with Crippen LogP contribution in [-0.4, -0.2) is 39.0 Å². The molecule has 10 heteroatoms. The van der Waals surface area contributed by atoms with Crippen molar-refractivity contribution in [1.29, 1.82) is 0 Å². The number of thioether (sulfide) groups is 1. The van der Waals surface area contributed by atoms with E-state index in [1.165, 1.54) is 23.1 Å². The zero-order valence-electron chi connectivity index (χ0n) is 15.9. The number of rotatable bonds is 7. The molecular formula is C18H20N4O3S3. The van der Waals surface area contributed by atoms with Crippen molar-refractivity contribution in [2.24, 2.45) is 7.05 Å². The first-order chi connectivity index (χ1) is 13.4. The SMILES string of the molecule is CCOC(=O)c1c(NC(=O)CSc2nnc(-c3cccs3)n2C)sc(C)c1C. The maximum absolute atomic E-state index is 12.5. The monoisotopic (exact) mass is 436 g/mol. The van der Waals surface area contributed by atoms with Crippen molar-refractivity contribution in [3.8, 4) is 10.7 Å². The molecule has 0 spiro atoms. The van der Waals surface area contributed by atoms with Crippen LogP contribution in [0.5, 0.6) is 0 Å². The molecule has 28 heavy (non-hydrogen) atoms. The zero-order chi connectivity index (χ0) is 20.3. The Morgan fingerprint density at radius 1 is 1.32 bits per heavy atom. The average molecular weight is 437 g/mol. The summed E-state index contributed by atoms with van der Waals surface area (Å²) in [5, 5.41) is 14.4. The van der Waals surface area contributed by atoms with E-state index in [2.05, 4.69) is 15.5 Å². The number of anilines is 1. The van der Waals surface area contributed by atoms with Crippen LogP contribution in [0.25, 0.3) is 10.7 Å². The Balaban J connectivity index is 1.67. The topological polar surface area (TPSA) is 86.1 Å². The number of carbonyl (C=O) groups is 2. The number of aryl methyl sites for hydroxylation is 1. The largest absolute Gasteiger partial charge is 0.462 e. The van der Waals surface area contributed by atoms with E-state index in [9.17, 15) is 9.59 Å². The number of nitrogens with zero attached hydrogens (tertiary/aromatic N) is 3. The zero-order valence-corrected chi connectivity index (χ0v) is 18.4. The lowest BCUT2D eigenvalue weighted by atomic mass is 10.1. The summed E-state index contributed by atoms with van der Waals surface area (Å²) in [4.78, 5) is 26.7. The number of nitrogens with one attached hydrogen (secondary N) is 1. The van der Waals surface area contributed by atoms with E-state index >= 15 is 0 Å². The fourth-order valence-corrected chi connectivity index (χ4v) is 5.04. The van der Waals surface area contributed by atoms with Crippen molar-refractivity contribution in [2.45, 2.75) is 25.9 Å². The molecule has 0 atom stereocenters. The van der Waals surface area contributed by atoms with Crippen molar-refractivity contribution in [3.05, 3.63) is 33.5 Å². The molecule has 1 N–H and O–H groups in total. The highest BCUT2D eigenvalue weighted by atomic mass is 32.2. The molecule has 0 fully saturated rings. The van der Waals surface area contributed by atoms with E-state index in [1.54, 1.807) is 18.3 Å². The minimum atomic E-state index is -0.416. The molecule has 0 aliphatic heterocycles. The summed E-state index contributed by atoms with van der Waals surface area (Å²) in [6.45, 7) is 5.81. The minimum Gasteiger partial charge on any atom is -0.462 e. The quantitative estimate of drug-likeness (QED) is 0.443. The van der Waals surface area contributed by atoms with Crippen LogP contribution in [0.2, 0.25) is 0 Å². The lowest BCUT2D eigenvalue weighted by molar-refractivity contribution is -0.113. The van der Waals surface area contributed by atoms with Crippen LogP contribution in [0.4, 0.5) is 5.00 Å². The molecule has 7 nitrogen and oxygen atoms in total. The summed E-state index contributed by atoms with van der Waals surface area (Å²) in [5.41, 5.74) is 1.27. The van der Waals surface area contributed by atoms with Gasteiger partial charge in [-0.05, 0) is 37.8 Å². The Morgan fingerprint density at radius 3 is 2.79 bits per heavy atom. The van der Waals surface area contributed by atoms with E-state index in [-0.39, 0.29) is 18.3 Å². The second kappa shape index (κ2) is 8.89. The van der Waals surface area contributed by atoms with Gasteiger partial charge in [0.15, 0.2) is 11.0 Å². The summed E-state index contributed by atoms with van der Waals surface area (Å²) in [7, 11) is 1.88. The second-order valence-electron chi connectivity index (χ2n) is 5.89. The molecule has 3 rings (SSSR count). The smallest absolute Gasteiger partial charge is 0.341 e. The number of hydrogen-bond donors (Lipinski definition) is 1. The summed E-state index contributed by atoms with van der Waals surface area (Å²) < 4.78 is 6.99. The number of carbonyl (C=O) groups excluding carboxylic acids is 2. The van der Waals surface area contributed by atoms with Crippen molar-refractivity contribution < 1.29 is 14.3 Å². The predicted molar refractivity (Wildman–Crippen MR) is 113 cm³/mol. The minimum absolute atomic E-state index is 0.161. The standard InChI is InChI=1S/C18H20N4O3S3/c1-5-25-17(24)14-10(2)11(3)28-16(14)19-13(23)9-27-18-21-20-15(22(18)4)12-7-6-8-26-12/h6-8H,5,9H2,1-4H3,(H,19,23). The van der Waals surface area contributed by atoms with Crippen LogP contribution in [0.15, 0.2) is 22.7 Å². The molecule has 0 aliphatic rings. The van der Waals surface area contributed by atoms with Crippen molar-refractivity contribution in [2.75, 3.05) is 17.7 Å². The molecule has 1 amide bonds. The van der Waals surface area contributed by atoms with Crippen LogP contribution in [0.1, 0.15) is 27.7 Å². The summed E-state index contributed by atoms with van der Waals surface area (Å²) >= 11 is 4.26. The molecular weight excluding hydrogens is 416 g/mol. The lowest BCUT2D eigenvalue weighted by Crippen LogP contribution is -2.16. The highest BCUT2D eigenvalue weighted by Crippen LogP contribution is 2.33. The van der Waals surface area contributed by atoms with Crippen LogP contribution >= 0.6 is 34.4 Å². The van der Waals surface area contributed by atoms with Crippen LogP contribution in [0.3, 0.4) is 0 Å². The van der Waals surface area contributed by atoms with E-state index in [4.69, 9.17) is 4.74 Å². The first-order valence-electron chi connectivity index (χ1n) is 8.55. The molecule has 3 aromatic heterocycles. The Labute approximate surface area is 175 Å². The third-order valence-electron chi connectivity index (χ3n) is 4.03. The van der Waals surface area contributed by atoms with Crippen molar-refractivity contribution in [3.63, 3.8) is 0 Å². The lowest BCUT2D eigenvalue weighted by Gasteiger charge is -2.07. The number of esters is 1. The molecule has 3 aromatic rings. The number of thiophene rings is 2. The maximum atomic E-state index is 12.5.